The molecule has 208 valence electrons. The number of hydrogen-bond donors (Lipinski definition) is 10. The molecule has 0 bridgehead atoms. The lowest BCUT2D eigenvalue weighted by Crippen LogP contribution is -2.58. The Morgan fingerprint density at radius 3 is 2.21 bits per heavy atom. The zero-order valence-electron chi connectivity index (χ0n) is 20.6. The van der Waals surface area contributed by atoms with E-state index in [-0.39, 0.29) is 36.9 Å². The molecule has 4 unspecified atom stereocenters. The zero-order chi connectivity index (χ0) is 28.2. The van der Waals surface area contributed by atoms with Crippen LogP contribution in [0.4, 0.5) is 0 Å². The molecule has 0 saturated heterocycles. The highest BCUT2D eigenvalue weighted by Gasteiger charge is 2.30. The van der Waals surface area contributed by atoms with Crippen molar-refractivity contribution in [3.8, 4) is 0 Å². The second-order valence-corrected chi connectivity index (χ2v) is 9.24. The van der Waals surface area contributed by atoms with Crippen LogP contribution in [-0.2, 0) is 25.6 Å². The van der Waals surface area contributed by atoms with E-state index < -0.39 is 47.9 Å². The minimum atomic E-state index is -1.27. The summed E-state index contributed by atoms with van der Waals surface area (Å²) >= 11 is 8.00. The van der Waals surface area contributed by atoms with Crippen LogP contribution < -0.4 is 33.2 Å². The van der Waals surface area contributed by atoms with Crippen LogP contribution in [0, 0.1) is 0 Å². The first-order chi connectivity index (χ1) is 18.1. The number of carbonyl (C=O) groups excluding carboxylic acids is 3. The van der Waals surface area contributed by atoms with Gasteiger partial charge in [-0.05, 0) is 24.5 Å². The molecule has 1 heterocycles. The number of rotatable bonds is 15. The summed E-state index contributed by atoms with van der Waals surface area (Å²) in [6.45, 7) is 0.184. The smallest absolute Gasteiger partial charge is 0.327 e. The number of nitrogens with one attached hydrogen (secondary N) is 4. The maximum atomic E-state index is 13.4. The van der Waals surface area contributed by atoms with Gasteiger partial charge in [0.25, 0.3) is 0 Å². The van der Waals surface area contributed by atoms with E-state index in [1.807, 2.05) is 24.3 Å². The van der Waals surface area contributed by atoms with Gasteiger partial charge in [0.1, 0.15) is 18.1 Å². The highest BCUT2D eigenvalue weighted by atomic mass is 32.1. The molecule has 0 aliphatic heterocycles. The number of aliphatic imine (C=N–C) groups is 1. The van der Waals surface area contributed by atoms with E-state index in [0.29, 0.717) is 6.42 Å². The first kappa shape index (κ1) is 30.8. The number of hydrogen-bond acceptors (Lipinski definition) is 8. The minimum absolute atomic E-state index is 0.0589. The van der Waals surface area contributed by atoms with Crippen LogP contribution in [0.3, 0.4) is 0 Å². The molecular weight excluding hydrogens is 532 g/mol. The third-order valence-corrected chi connectivity index (χ3v) is 6.40. The lowest BCUT2D eigenvalue weighted by Gasteiger charge is -2.25. The van der Waals surface area contributed by atoms with Crippen molar-refractivity contribution in [2.24, 2.45) is 22.2 Å². The summed E-state index contributed by atoms with van der Waals surface area (Å²) in [5, 5.41) is 17.8. The number of aromatic amines is 1. The van der Waals surface area contributed by atoms with E-state index >= 15 is 0 Å². The number of carboxylic acid groups (broad SMARTS) is 1. The molecule has 4 atom stereocenters. The van der Waals surface area contributed by atoms with Gasteiger partial charge in [-0.1, -0.05) is 18.2 Å². The summed E-state index contributed by atoms with van der Waals surface area (Å²) in [7, 11) is 0. The number of amides is 3. The summed E-state index contributed by atoms with van der Waals surface area (Å²) in [6.07, 6.45) is 2.23. The fraction of sp³-hybridized carbons (Fsp3) is 0.435. The fourth-order valence-corrected chi connectivity index (χ4v) is 4.01. The molecule has 13 nitrogen and oxygen atoms in total. The van der Waals surface area contributed by atoms with Crippen LogP contribution in [0.25, 0.3) is 10.9 Å². The molecule has 0 aliphatic rings. The average molecular weight is 567 g/mol. The molecule has 0 spiro atoms. The van der Waals surface area contributed by atoms with Gasteiger partial charge < -0.3 is 43.2 Å². The molecule has 1 aromatic carbocycles. The van der Waals surface area contributed by atoms with E-state index in [0.717, 1.165) is 16.5 Å². The van der Waals surface area contributed by atoms with Crippen molar-refractivity contribution in [3.05, 3.63) is 36.0 Å². The Morgan fingerprint density at radius 2 is 1.58 bits per heavy atom. The number of carbonyl (C=O) groups is 4. The molecule has 0 radical (unpaired) electrons. The molecule has 38 heavy (non-hydrogen) atoms. The second kappa shape index (κ2) is 15.1. The predicted octanol–water partition coefficient (Wildman–Crippen LogP) is -1.51. The minimum Gasteiger partial charge on any atom is -0.480 e. The number of fused-ring (bicyclic) bond motifs is 1. The lowest BCUT2D eigenvalue weighted by molar-refractivity contribution is -0.141. The zero-order valence-corrected chi connectivity index (χ0v) is 22.4. The summed E-state index contributed by atoms with van der Waals surface area (Å²) in [5.41, 5.74) is 18.1. The van der Waals surface area contributed by atoms with Gasteiger partial charge in [0.15, 0.2) is 5.96 Å². The lowest BCUT2D eigenvalue weighted by atomic mass is 10.0. The van der Waals surface area contributed by atoms with Crippen LogP contribution in [0.5, 0.6) is 0 Å². The van der Waals surface area contributed by atoms with Crippen molar-refractivity contribution in [1.29, 1.82) is 0 Å². The number of aliphatic carboxylic acids is 1. The molecule has 3 amide bonds. The van der Waals surface area contributed by atoms with Gasteiger partial charge in [-0.25, -0.2) is 4.79 Å². The Bertz CT molecular complexity index is 1150. The Kier molecular flexibility index (Phi) is 12.2. The Hall–Kier alpha value is -3.43. The van der Waals surface area contributed by atoms with E-state index in [2.05, 4.69) is 51.2 Å². The summed E-state index contributed by atoms with van der Waals surface area (Å²) in [5.74, 6) is -3.47. The Morgan fingerprint density at radius 1 is 0.947 bits per heavy atom. The van der Waals surface area contributed by atoms with Gasteiger partial charge >= 0.3 is 5.97 Å². The Labute approximate surface area is 230 Å². The Balaban J connectivity index is 2.28. The molecule has 0 saturated carbocycles. The van der Waals surface area contributed by atoms with Gasteiger partial charge in [0.05, 0.1) is 6.04 Å². The first-order valence-electron chi connectivity index (χ1n) is 11.8. The molecule has 15 heteroatoms. The van der Waals surface area contributed by atoms with E-state index in [9.17, 15) is 24.3 Å². The van der Waals surface area contributed by atoms with Crippen molar-refractivity contribution >= 4 is 65.8 Å². The van der Waals surface area contributed by atoms with Crippen molar-refractivity contribution in [2.75, 3.05) is 18.1 Å². The highest BCUT2D eigenvalue weighted by molar-refractivity contribution is 7.80. The van der Waals surface area contributed by atoms with Crippen LogP contribution >= 0.6 is 25.3 Å². The maximum absolute atomic E-state index is 13.4. The molecule has 2 aromatic rings. The fourth-order valence-electron chi connectivity index (χ4n) is 3.59. The predicted molar refractivity (Wildman–Crippen MR) is 151 cm³/mol. The number of benzene rings is 1. The van der Waals surface area contributed by atoms with Crippen LogP contribution in [0.15, 0.2) is 35.5 Å². The SMILES string of the molecule is NC(N)=NCCCC(NC(=O)C(Cc1c[nH]c2ccccc12)NC(=O)C(N)CS)C(=O)NC(CS)C(=O)O. The van der Waals surface area contributed by atoms with Gasteiger partial charge in [-0.2, -0.15) is 25.3 Å². The van der Waals surface area contributed by atoms with Crippen molar-refractivity contribution in [2.45, 2.75) is 43.4 Å². The number of thiol groups is 2. The van der Waals surface area contributed by atoms with Crippen molar-refractivity contribution in [3.63, 3.8) is 0 Å². The quantitative estimate of drug-likeness (QED) is 0.0526. The van der Waals surface area contributed by atoms with Crippen LogP contribution in [0.2, 0.25) is 0 Å². The van der Waals surface area contributed by atoms with Crippen LogP contribution in [-0.4, -0.2) is 82.0 Å². The van der Waals surface area contributed by atoms with Crippen molar-refractivity contribution in [1.82, 2.24) is 20.9 Å². The summed E-state index contributed by atoms with van der Waals surface area (Å²) in [6, 6.07) is 3.00. The summed E-state index contributed by atoms with van der Waals surface area (Å²) < 4.78 is 0. The molecule has 0 fully saturated rings. The van der Waals surface area contributed by atoms with Crippen molar-refractivity contribution < 1.29 is 24.3 Å². The normalized spacial score (nSPS) is 14.1. The highest BCUT2D eigenvalue weighted by Crippen LogP contribution is 2.19. The van der Waals surface area contributed by atoms with E-state index in [1.165, 1.54) is 0 Å². The molecular formula is C23H34N8O5S2. The van der Waals surface area contributed by atoms with E-state index in [1.54, 1.807) is 6.20 Å². The summed E-state index contributed by atoms with van der Waals surface area (Å²) in [4.78, 5) is 57.3. The largest absolute Gasteiger partial charge is 0.480 e. The number of nitrogens with two attached hydrogens (primary N) is 3. The average Bonchev–Trinajstić information content (AvgIpc) is 3.30. The number of nitrogens with zero attached hydrogens (tertiary/aromatic N) is 1. The van der Waals surface area contributed by atoms with Gasteiger partial charge in [-0.15, -0.1) is 0 Å². The van der Waals surface area contributed by atoms with Gasteiger partial charge in [0.2, 0.25) is 17.7 Å². The first-order valence-corrected chi connectivity index (χ1v) is 13.0. The molecule has 1 aromatic heterocycles. The van der Waals surface area contributed by atoms with Gasteiger partial charge in [0, 0.05) is 41.6 Å². The number of aromatic nitrogens is 1. The molecule has 11 N–H and O–H groups in total. The number of guanidine groups is 1. The molecule has 2 rings (SSSR count). The van der Waals surface area contributed by atoms with Crippen LogP contribution in [0.1, 0.15) is 18.4 Å². The number of H-pyrrole nitrogens is 1. The maximum Gasteiger partial charge on any atom is 0.327 e. The standard InChI is InChI=1S/C23H34N8O5S2/c24-14(10-37)19(32)30-17(8-12-9-28-15-5-2-1-4-13(12)15)21(34)29-16(6-3-7-27-23(25)26)20(33)31-18(11-38)22(35)36/h1-2,4-5,9,14,16-18,28,37-38H,3,6-8,10-11,24H2,(H,29,34)(H,30,32)(H,31,33)(H,35,36)(H4,25,26,27). The van der Waals surface area contributed by atoms with E-state index in [4.69, 9.17) is 17.2 Å². The third kappa shape index (κ3) is 9.15. The number of carboxylic acids is 1. The number of para-hydroxylation sites is 1. The monoisotopic (exact) mass is 566 g/mol. The molecule has 0 aliphatic carbocycles. The second-order valence-electron chi connectivity index (χ2n) is 8.51. The van der Waals surface area contributed by atoms with Gasteiger partial charge in [-0.3, -0.25) is 19.4 Å². The third-order valence-electron chi connectivity index (χ3n) is 5.64. The topological polar surface area (TPSA) is 231 Å².